The zero-order valence-corrected chi connectivity index (χ0v) is 18.9. The highest BCUT2D eigenvalue weighted by molar-refractivity contribution is 6.06. The van der Waals surface area contributed by atoms with Gasteiger partial charge in [0, 0.05) is 30.1 Å². The molecule has 2 aliphatic rings. The van der Waals surface area contributed by atoms with Gasteiger partial charge in [0.15, 0.2) is 5.78 Å². The van der Waals surface area contributed by atoms with Gasteiger partial charge in [0.1, 0.15) is 0 Å². The average Bonchev–Trinajstić information content (AvgIpc) is 2.94. The second kappa shape index (κ2) is 8.32. The summed E-state index contributed by atoms with van der Waals surface area (Å²) in [6.07, 6.45) is 4.90. The highest BCUT2D eigenvalue weighted by atomic mass is 16.2. The highest BCUT2D eigenvalue weighted by Gasteiger charge is 2.43. The van der Waals surface area contributed by atoms with E-state index in [9.17, 15) is 9.59 Å². The summed E-state index contributed by atoms with van der Waals surface area (Å²) in [5.74, 6) is 0.0172. The SMILES string of the molecule is CC1(C)CC(=O)C2=C(C1)Nc1ccccc1N(C(=O)Cc1ccccc1)[C@@H]2c1cccnc1. The van der Waals surface area contributed by atoms with Crippen LogP contribution in [-0.4, -0.2) is 16.7 Å². The molecule has 0 bridgehead atoms. The van der Waals surface area contributed by atoms with E-state index in [1.54, 1.807) is 17.3 Å². The van der Waals surface area contributed by atoms with Crippen LogP contribution in [0.3, 0.4) is 0 Å². The normalized spacial score (nSPS) is 19.3. The maximum absolute atomic E-state index is 13.9. The van der Waals surface area contributed by atoms with Gasteiger partial charge in [-0.1, -0.05) is 62.4 Å². The Balaban J connectivity index is 1.71. The molecule has 0 saturated carbocycles. The van der Waals surface area contributed by atoms with Crippen LogP contribution in [0, 0.1) is 5.41 Å². The molecular weight excluding hydrogens is 410 g/mol. The summed E-state index contributed by atoms with van der Waals surface area (Å²) in [6, 6.07) is 20.8. The molecule has 1 aromatic heterocycles. The standard InChI is InChI=1S/C28H27N3O2/c1-28(2)16-22-26(24(32)17-28)27(20-11-8-14-29-18-20)31(23-13-7-6-12-21(23)30-22)25(33)15-19-9-4-3-5-10-19/h3-14,18,27,30H,15-17H2,1-2H3/t27-/m1/s1. The number of anilines is 2. The molecule has 166 valence electrons. The first-order valence-electron chi connectivity index (χ1n) is 11.3. The molecule has 2 heterocycles. The van der Waals surface area contributed by atoms with E-state index in [0.717, 1.165) is 34.6 Å². The minimum atomic E-state index is -0.537. The Morgan fingerprint density at radius 3 is 2.55 bits per heavy atom. The van der Waals surface area contributed by atoms with Gasteiger partial charge in [0.25, 0.3) is 0 Å². The van der Waals surface area contributed by atoms with E-state index in [2.05, 4.69) is 24.1 Å². The van der Waals surface area contributed by atoms with Crippen LogP contribution in [0.2, 0.25) is 0 Å². The quantitative estimate of drug-likeness (QED) is 0.590. The average molecular weight is 438 g/mol. The van der Waals surface area contributed by atoms with Crippen molar-refractivity contribution < 1.29 is 9.59 Å². The minimum Gasteiger partial charge on any atom is -0.357 e. The fourth-order valence-corrected chi connectivity index (χ4v) is 4.97. The Kier molecular flexibility index (Phi) is 5.33. The van der Waals surface area contributed by atoms with Crippen molar-refractivity contribution in [2.75, 3.05) is 10.2 Å². The Morgan fingerprint density at radius 1 is 1.03 bits per heavy atom. The summed E-state index contributed by atoms with van der Waals surface area (Å²) in [5.41, 5.74) is 4.79. The van der Waals surface area contributed by atoms with Crippen molar-refractivity contribution in [3.05, 3.63) is 102 Å². The molecule has 5 nitrogen and oxygen atoms in total. The number of fused-ring (bicyclic) bond motifs is 1. The third-order valence-electron chi connectivity index (χ3n) is 6.37. The molecule has 1 amide bonds. The van der Waals surface area contributed by atoms with Crippen molar-refractivity contribution in [2.45, 2.75) is 39.2 Å². The van der Waals surface area contributed by atoms with Crippen molar-refractivity contribution in [2.24, 2.45) is 5.41 Å². The number of amides is 1. The first kappa shape index (κ1) is 21.1. The van der Waals surface area contributed by atoms with E-state index in [0.29, 0.717) is 12.0 Å². The van der Waals surface area contributed by atoms with Crippen LogP contribution in [0.1, 0.15) is 43.9 Å². The van der Waals surface area contributed by atoms with Gasteiger partial charge < -0.3 is 5.32 Å². The van der Waals surface area contributed by atoms with Crippen molar-refractivity contribution in [1.29, 1.82) is 0 Å². The Morgan fingerprint density at radius 2 is 1.79 bits per heavy atom. The molecule has 33 heavy (non-hydrogen) atoms. The summed E-state index contributed by atoms with van der Waals surface area (Å²) in [4.78, 5) is 33.6. The Bertz CT molecular complexity index is 1230. The molecule has 5 rings (SSSR count). The molecule has 2 aromatic carbocycles. The Hall–Kier alpha value is -3.73. The lowest BCUT2D eigenvalue weighted by molar-refractivity contribution is -0.119. The summed E-state index contributed by atoms with van der Waals surface area (Å²) in [6.45, 7) is 4.23. The number of carbonyl (C=O) groups excluding carboxylic acids is 2. The number of Topliss-reactive ketones (excluding diaryl/α,β-unsaturated/α-hetero) is 1. The topological polar surface area (TPSA) is 62.3 Å². The molecule has 0 radical (unpaired) electrons. The highest BCUT2D eigenvalue weighted by Crippen LogP contribution is 2.48. The molecule has 5 heteroatoms. The van der Waals surface area contributed by atoms with Crippen LogP contribution in [0.5, 0.6) is 0 Å². The maximum atomic E-state index is 13.9. The number of hydrogen-bond acceptors (Lipinski definition) is 4. The molecule has 3 aromatic rings. The van der Waals surface area contributed by atoms with Crippen molar-refractivity contribution in [3.63, 3.8) is 0 Å². The van der Waals surface area contributed by atoms with E-state index in [-0.39, 0.29) is 23.5 Å². The molecule has 0 spiro atoms. The van der Waals surface area contributed by atoms with Gasteiger partial charge in [-0.2, -0.15) is 0 Å². The number of benzene rings is 2. The number of nitrogens with zero attached hydrogens (tertiary/aromatic N) is 2. The first-order chi connectivity index (χ1) is 15.9. The molecule has 0 saturated heterocycles. The summed E-state index contributed by atoms with van der Waals surface area (Å²) >= 11 is 0. The number of carbonyl (C=O) groups is 2. The van der Waals surface area contributed by atoms with Crippen molar-refractivity contribution >= 4 is 23.1 Å². The first-order valence-corrected chi connectivity index (χ1v) is 11.3. The second-order valence-electron chi connectivity index (χ2n) is 9.59. The number of ketones is 1. The molecule has 0 fully saturated rings. The number of nitrogens with one attached hydrogen (secondary N) is 1. The monoisotopic (exact) mass is 437 g/mol. The molecular formula is C28H27N3O2. The predicted molar refractivity (Wildman–Crippen MR) is 130 cm³/mol. The van der Waals surface area contributed by atoms with Gasteiger partial charge in [-0.3, -0.25) is 19.5 Å². The molecule has 0 unspecified atom stereocenters. The van der Waals surface area contributed by atoms with Crippen LogP contribution in [-0.2, 0) is 16.0 Å². The summed E-state index contributed by atoms with van der Waals surface area (Å²) in [5, 5.41) is 3.54. The van der Waals surface area contributed by atoms with Gasteiger partial charge >= 0.3 is 0 Å². The van der Waals surface area contributed by atoms with E-state index in [4.69, 9.17) is 0 Å². The van der Waals surface area contributed by atoms with E-state index < -0.39 is 6.04 Å². The largest absolute Gasteiger partial charge is 0.357 e. The van der Waals surface area contributed by atoms with Gasteiger partial charge in [0.2, 0.25) is 5.91 Å². The van der Waals surface area contributed by atoms with Gasteiger partial charge in [0.05, 0.1) is 23.8 Å². The smallest absolute Gasteiger partial charge is 0.232 e. The second-order valence-corrected chi connectivity index (χ2v) is 9.59. The molecule has 1 atom stereocenters. The number of hydrogen-bond donors (Lipinski definition) is 1. The third-order valence-corrected chi connectivity index (χ3v) is 6.37. The van der Waals surface area contributed by atoms with Crippen LogP contribution in [0.15, 0.2) is 90.4 Å². The van der Waals surface area contributed by atoms with Crippen LogP contribution in [0.25, 0.3) is 0 Å². The zero-order valence-electron chi connectivity index (χ0n) is 18.9. The lowest BCUT2D eigenvalue weighted by atomic mass is 9.73. The van der Waals surface area contributed by atoms with Crippen molar-refractivity contribution in [1.82, 2.24) is 4.98 Å². The lowest BCUT2D eigenvalue weighted by Crippen LogP contribution is -2.40. The van der Waals surface area contributed by atoms with Gasteiger partial charge in [-0.05, 0) is 41.2 Å². The van der Waals surface area contributed by atoms with Crippen LogP contribution in [0.4, 0.5) is 11.4 Å². The van der Waals surface area contributed by atoms with Crippen molar-refractivity contribution in [3.8, 4) is 0 Å². The van der Waals surface area contributed by atoms with Gasteiger partial charge in [-0.15, -0.1) is 0 Å². The number of allylic oxidation sites excluding steroid dienone is 1. The van der Waals surface area contributed by atoms with E-state index in [1.807, 2.05) is 66.7 Å². The number of pyridine rings is 1. The fourth-order valence-electron chi connectivity index (χ4n) is 4.97. The number of rotatable bonds is 3. The van der Waals surface area contributed by atoms with E-state index >= 15 is 0 Å². The zero-order chi connectivity index (χ0) is 23.0. The lowest BCUT2D eigenvalue weighted by Gasteiger charge is -2.37. The number of aromatic nitrogens is 1. The fraction of sp³-hybridized carbons (Fsp3) is 0.250. The number of para-hydroxylation sites is 2. The van der Waals surface area contributed by atoms with E-state index in [1.165, 1.54) is 0 Å². The predicted octanol–water partition coefficient (Wildman–Crippen LogP) is 5.47. The van der Waals surface area contributed by atoms with Crippen LogP contribution >= 0.6 is 0 Å². The minimum absolute atomic E-state index is 0.0595. The maximum Gasteiger partial charge on any atom is 0.232 e. The summed E-state index contributed by atoms with van der Waals surface area (Å²) < 4.78 is 0. The molecule has 1 N–H and O–H groups in total. The Labute approximate surface area is 194 Å². The molecule has 1 aliphatic carbocycles. The van der Waals surface area contributed by atoms with Crippen LogP contribution < -0.4 is 10.2 Å². The summed E-state index contributed by atoms with van der Waals surface area (Å²) in [7, 11) is 0. The molecule has 1 aliphatic heterocycles. The third kappa shape index (κ3) is 4.07. The van der Waals surface area contributed by atoms with Gasteiger partial charge in [-0.25, -0.2) is 0 Å².